The van der Waals surface area contributed by atoms with Gasteiger partial charge in [0.25, 0.3) is 5.91 Å². The van der Waals surface area contributed by atoms with Crippen molar-refractivity contribution in [3.05, 3.63) is 64.1 Å². The lowest BCUT2D eigenvalue weighted by atomic mass is 10.1. The number of hydrogen-bond acceptors (Lipinski definition) is 3. The van der Waals surface area contributed by atoms with Crippen LogP contribution in [0.3, 0.4) is 0 Å². The summed E-state index contributed by atoms with van der Waals surface area (Å²) in [5.74, 6) is -0.240. The molecule has 1 amide bonds. The van der Waals surface area contributed by atoms with Crippen molar-refractivity contribution in [3.8, 4) is 0 Å². The van der Waals surface area contributed by atoms with E-state index in [4.69, 9.17) is 0 Å². The summed E-state index contributed by atoms with van der Waals surface area (Å²) in [4.78, 5) is 12.4. The summed E-state index contributed by atoms with van der Waals surface area (Å²) >= 11 is 3.37. The van der Waals surface area contributed by atoms with Crippen molar-refractivity contribution in [1.82, 2.24) is 5.32 Å². The van der Waals surface area contributed by atoms with Crippen LogP contribution in [-0.2, 0) is 9.84 Å². The Morgan fingerprint density at radius 3 is 2.09 bits per heavy atom. The van der Waals surface area contributed by atoms with Crippen LogP contribution in [0.25, 0.3) is 0 Å². The van der Waals surface area contributed by atoms with Gasteiger partial charge in [-0.15, -0.1) is 0 Å². The molecule has 2 aromatic rings. The van der Waals surface area contributed by atoms with Gasteiger partial charge in [-0.25, -0.2) is 8.42 Å². The van der Waals surface area contributed by atoms with E-state index < -0.39 is 9.84 Å². The van der Waals surface area contributed by atoms with Crippen molar-refractivity contribution in [3.63, 3.8) is 0 Å². The fourth-order valence-corrected chi connectivity index (χ4v) is 2.86. The van der Waals surface area contributed by atoms with Crippen molar-refractivity contribution in [2.24, 2.45) is 0 Å². The van der Waals surface area contributed by atoms with E-state index in [9.17, 15) is 13.2 Å². The van der Waals surface area contributed by atoms with Crippen LogP contribution in [0.15, 0.2) is 57.9 Å². The Hall–Kier alpha value is -1.66. The van der Waals surface area contributed by atoms with Crippen LogP contribution in [-0.4, -0.2) is 20.6 Å². The van der Waals surface area contributed by atoms with Gasteiger partial charge in [-0.3, -0.25) is 4.79 Å². The second kappa shape index (κ2) is 6.62. The van der Waals surface area contributed by atoms with Gasteiger partial charge in [0, 0.05) is 16.3 Å². The Kier molecular flexibility index (Phi) is 5.03. The molecule has 4 nitrogen and oxygen atoms in total. The largest absolute Gasteiger partial charge is 0.346 e. The van der Waals surface area contributed by atoms with E-state index in [1.165, 1.54) is 24.3 Å². The normalized spacial score (nSPS) is 12.7. The van der Waals surface area contributed by atoms with Crippen LogP contribution in [0.1, 0.15) is 28.9 Å². The molecular weight excluding hydrogens is 366 g/mol. The first-order chi connectivity index (χ1) is 10.3. The van der Waals surface area contributed by atoms with Gasteiger partial charge in [0.15, 0.2) is 9.84 Å². The maximum atomic E-state index is 12.2. The summed E-state index contributed by atoms with van der Waals surface area (Å²) in [5, 5.41) is 2.89. The highest BCUT2D eigenvalue weighted by atomic mass is 79.9. The number of hydrogen-bond donors (Lipinski definition) is 1. The third kappa shape index (κ3) is 4.18. The van der Waals surface area contributed by atoms with Gasteiger partial charge in [0.1, 0.15) is 0 Å². The fraction of sp³-hybridized carbons (Fsp3) is 0.188. The average molecular weight is 382 g/mol. The molecule has 116 valence electrons. The van der Waals surface area contributed by atoms with Gasteiger partial charge in [-0.05, 0) is 48.9 Å². The second-order valence-corrected chi connectivity index (χ2v) is 7.97. The van der Waals surface area contributed by atoms with E-state index >= 15 is 0 Å². The zero-order valence-electron chi connectivity index (χ0n) is 12.2. The minimum atomic E-state index is -3.25. The highest BCUT2D eigenvalue weighted by Crippen LogP contribution is 2.17. The highest BCUT2D eigenvalue weighted by molar-refractivity contribution is 9.10. The molecule has 0 aliphatic rings. The number of sulfone groups is 1. The lowest BCUT2D eigenvalue weighted by molar-refractivity contribution is 0.0940. The predicted molar refractivity (Wildman–Crippen MR) is 89.6 cm³/mol. The number of carbonyl (C=O) groups excluding carboxylic acids is 1. The first-order valence-electron chi connectivity index (χ1n) is 6.64. The molecule has 0 spiro atoms. The standard InChI is InChI=1S/C16H16BrNO3S/c1-11(12-3-7-14(17)8-4-12)18-16(19)13-5-9-15(10-6-13)22(2,20)21/h3-11H,1-2H3,(H,18,19)/t11-/m1/s1. The second-order valence-electron chi connectivity index (χ2n) is 5.04. The average Bonchev–Trinajstić information content (AvgIpc) is 2.47. The summed E-state index contributed by atoms with van der Waals surface area (Å²) in [6.45, 7) is 1.89. The maximum Gasteiger partial charge on any atom is 0.251 e. The van der Waals surface area contributed by atoms with Gasteiger partial charge in [-0.1, -0.05) is 28.1 Å². The molecule has 2 aromatic carbocycles. The molecule has 0 aliphatic carbocycles. The summed E-state index contributed by atoms with van der Waals surface area (Å²) in [6, 6.07) is 13.5. The van der Waals surface area contributed by atoms with Crippen LogP contribution in [0.5, 0.6) is 0 Å². The molecule has 0 heterocycles. The number of nitrogens with one attached hydrogen (secondary N) is 1. The van der Waals surface area contributed by atoms with Crippen LogP contribution >= 0.6 is 15.9 Å². The molecule has 22 heavy (non-hydrogen) atoms. The molecule has 0 fully saturated rings. The third-order valence-corrected chi connectivity index (χ3v) is 4.92. The van der Waals surface area contributed by atoms with E-state index in [0.29, 0.717) is 5.56 Å². The molecule has 1 N–H and O–H groups in total. The number of carbonyl (C=O) groups is 1. The van der Waals surface area contributed by atoms with Gasteiger partial charge in [-0.2, -0.15) is 0 Å². The number of benzene rings is 2. The third-order valence-electron chi connectivity index (χ3n) is 3.26. The Bertz CT molecular complexity index is 768. The topological polar surface area (TPSA) is 63.2 Å². The molecule has 0 aliphatic heterocycles. The molecular formula is C16H16BrNO3S. The minimum Gasteiger partial charge on any atom is -0.346 e. The Balaban J connectivity index is 2.10. The highest BCUT2D eigenvalue weighted by Gasteiger charge is 2.13. The van der Waals surface area contributed by atoms with Crippen molar-refractivity contribution >= 4 is 31.7 Å². The van der Waals surface area contributed by atoms with E-state index in [-0.39, 0.29) is 16.8 Å². The molecule has 0 bridgehead atoms. The Labute approximate surface area is 138 Å². The van der Waals surface area contributed by atoms with Crippen molar-refractivity contribution in [1.29, 1.82) is 0 Å². The minimum absolute atomic E-state index is 0.143. The van der Waals surface area contributed by atoms with Gasteiger partial charge in [0.2, 0.25) is 0 Å². The zero-order chi connectivity index (χ0) is 16.3. The van der Waals surface area contributed by atoms with Crippen molar-refractivity contribution in [2.45, 2.75) is 17.9 Å². The lowest BCUT2D eigenvalue weighted by Crippen LogP contribution is -2.26. The molecule has 1 atom stereocenters. The fourth-order valence-electron chi connectivity index (χ4n) is 1.97. The number of halogens is 1. The predicted octanol–water partition coefficient (Wildman–Crippen LogP) is 3.34. The van der Waals surface area contributed by atoms with Gasteiger partial charge >= 0.3 is 0 Å². The zero-order valence-corrected chi connectivity index (χ0v) is 14.6. The van der Waals surface area contributed by atoms with Crippen LogP contribution in [0, 0.1) is 0 Å². The smallest absolute Gasteiger partial charge is 0.251 e. The molecule has 0 saturated carbocycles. The SMILES string of the molecule is C[C@@H](NC(=O)c1ccc(S(C)(=O)=O)cc1)c1ccc(Br)cc1. The van der Waals surface area contributed by atoms with E-state index in [0.717, 1.165) is 16.3 Å². The van der Waals surface area contributed by atoms with Gasteiger partial charge < -0.3 is 5.32 Å². The van der Waals surface area contributed by atoms with E-state index in [1.807, 2.05) is 31.2 Å². The quantitative estimate of drug-likeness (QED) is 0.882. The van der Waals surface area contributed by atoms with Crippen LogP contribution < -0.4 is 5.32 Å². The summed E-state index contributed by atoms with van der Waals surface area (Å²) in [7, 11) is -3.25. The first kappa shape index (κ1) is 16.7. The van der Waals surface area contributed by atoms with E-state index in [2.05, 4.69) is 21.2 Å². The van der Waals surface area contributed by atoms with Crippen LogP contribution in [0.2, 0.25) is 0 Å². The molecule has 2 rings (SSSR count). The Morgan fingerprint density at radius 1 is 1.05 bits per heavy atom. The summed E-state index contributed by atoms with van der Waals surface area (Å²) < 4.78 is 23.8. The summed E-state index contributed by atoms with van der Waals surface area (Å²) in [6.07, 6.45) is 1.14. The van der Waals surface area contributed by atoms with Crippen molar-refractivity contribution in [2.75, 3.05) is 6.26 Å². The van der Waals surface area contributed by atoms with E-state index in [1.54, 1.807) is 0 Å². The van der Waals surface area contributed by atoms with Crippen LogP contribution in [0.4, 0.5) is 0 Å². The molecule has 0 saturated heterocycles. The lowest BCUT2D eigenvalue weighted by Gasteiger charge is -2.14. The molecule has 0 aromatic heterocycles. The first-order valence-corrected chi connectivity index (χ1v) is 9.32. The number of rotatable bonds is 4. The van der Waals surface area contributed by atoms with Gasteiger partial charge in [0.05, 0.1) is 10.9 Å². The molecule has 0 unspecified atom stereocenters. The van der Waals surface area contributed by atoms with Crippen molar-refractivity contribution < 1.29 is 13.2 Å². The summed E-state index contributed by atoms with van der Waals surface area (Å²) in [5.41, 5.74) is 1.42. The number of amides is 1. The monoisotopic (exact) mass is 381 g/mol. The molecule has 0 radical (unpaired) electrons. The Morgan fingerprint density at radius 2 is 1.59 bits per heavy atom. The molecule has 6 heteroatoms. The maximum absolute atomic E-state index is 12.2.